The summed E-state index contributed by atoms with van der Waals surface area (Å²) in [5.41, 5.74) is 0.856. The predicted octanol–water partition coefficient (Wildman–Crippen LogP) is 0.659. The van der Waals surface area contributed by atoms with Gasteiger partial charge in [0.05, 0.1) is 26.2 Å². The molecule has 1 aliphatic rings. The second-order valence-corrected chi connectivity index (χ2v) is 5.42. The van der Waals surface area contributed by atoms with Gasteiger partial charge in [-0.15, -0.1) is 0 Å². The average molecular weight is 307 g/mol. The lowest BCUT2D eigenvalue weighted by atomic mass is 9.81. The van der Waals surface area contributed by atoms with Crippen molar-refractivity contribution in [2.45, 2.75) is 25.1 Å². The summed E-state index contributed by atoms with van der Waals surface area (Å²) in [4.78, 5) is 24.3. The number of ether oxygens (including phenoxy) is 2. The topological polar surface area (TPSA) is 84.9 Å². The molecule has 0 amide bonds. The number of aliphatic hydroxyl groups excluding tert-OH is 1. The third-order valence-electron chi connectivity index (χ3n) is 4.16. The monoisotopic (exact) mass is 307 g/mol. The first-order valence-electron chi connectivity index (χ1n) is 7.16. The van der Waals surface area contributed by atoms with Crippen LogP contribution in [-0.4, -0.2) is 43.4 Å². The lowest BCUT2D eigenvalue weighted by Gasteiger charge is -2.25. The van der Waals surface area contributed by atoms with Crippen LogP contribution < -0.4 is 5.32 Å². The van der Waals surface area contributed by atoms with Gasteiger partial charge in [0.15, 0.2) is 0 Å². The molecule has 6 heteroatoms. The molecule has 6 nitrogen and oxygen atoms in total. The Morgan fingerprint density at radius 2 is 1.73 bits per heavy atom. The molecule has 0 aliphatic carbocycles. The molecule has 0 unspecified atom stereocenters. The second kappa shape index (κ2) is 6.89. The van der Waals surface area contributed by atoms with E-state index >= 15 is 0 Å². The Hall–Kier alpha value is -1.92. The standard InChI is InChI=1S/C16H21NO5/c1-9(18)11-12(15(19)21-2)13(10-7-5-4-6-8-10)17-14(11)16(20)22-3/h4-9,11-14,17-18H,1-3H3/t9-,11-,12-,13-,14-/m0/s1. The van der Waals surface area contributed by atoms with Crippen LogP contribution in [-0.2, 0) is 19.1 Å². The van der Waals surface area contributed by atoms with Crippen molar-refractivity contribution in [2.75, 3.05) is 14.2 Å². The van der Waals surface area contributed by atoms with Crippen molar-refractivity contribution in [2.24, 2.45) is 11.8 Å². The number of hydrogen-bond donors (Lipinski definition) is 2. The molecule has 0 saturated carbocycles. The molecule has 0 radical (unpaired) electrons. The van der Waals surface area contributed by atoms with Crippen LogP contribution >= 0.6 is 0 Å². The third kappa shape index (κ3) is 2.98. The molecular formula is C16H21NO5. The van der Waals surface area contributed by atoms with E-state index in [4.69, 9.17) is 9.47 Å². The molecule has 1 aromatic rings. The molecule has 2 N–H and O–H groups in total. The fourth-order valence-corrected chi connectivity index (χ4v) is 3.16. The van der Waals surface area contributed by atoms with E-state index in [0.29, 0.717) is 0 Å². The van der Waals surface area contributed by atoms with Gasteiger partial charge in [-0.3, -0.25) is 14.9 Å². The van der Waals surface area contributed by atoms with Gasteiger partial charge in [-0.05, 0) is 12.5 Å². The summed E-state index contributed by atoms with van der Waals surface area (Å²) in [6.45, 7) is 1.56. The molecule has 1 fully saturated rings. The molecule has 1 aliphatic heterocycles. The van der Waals surface area contributed by atoms with Gasteiger partial charge in [0.25, 0.3) is 0 Å². The highest BCUT2D eigenvalue weighted by Crippen LogP contribution is 2.40. The molecule has 5 atom stereocenters. The highest BCUT2D eigenvalue weighted by atomic mass is 16.5. The number of esters is 2. The summed E-state index contributed by atoms with van der Waals surface area (Å²) >= 11 is 0. The Labute approximate surface area is 129 Å². The van der Waals surface area contributed by atoms with Crippen molar-refractivity contribution in [3.63, 3.8) is 0 Å². The molecule has 1 heterocycles. The SMILES string of the molecule is COC(=O)[C@H]1[C@H]([C@H](C)O)[C@@H](C(=O)OC)N[C@H]1c1ccccc1. The molecule has 120 valence electrons. The molecule has 22 heavy (non-hydrogen) atoms. The fourth-order valence-electron chi connectivity index (χ4n) is 3.16. The van der Waals surface area contributed by atoms with Gasteiger partial charge in [-0.1, -0.05) is 30.3 Å². The number of benzene rings is 1. The summed E-state index contributed by atoms with van der Waals surface area (Å²) in [6, 6.07) is 8.13. The molecule has 0 aromatic heterocycles. The zero-order valence-corrected chi connectivity index (χ0v) is 12.9. The molecule has 2 rings (SSSR count). The first-order valence-corrected chi connectivity index (χ1v) is 7.16. The van der Waals surface area contributed by atoms with Gasteiger partial charge in [0, 0.05) is 12.0 Å². The zero-order chi connectivity index (χ0) is 16.3. The zero-order valence-electron chi connectivity index (χ0n) is 12.9. The van der Waals surface area contributed by atoms with Crippen LogP contribution in [0.2, 0.25) is 0 Å². The second-order valence-electron chi connectivity index (χ2n) is 5.42. The minimum Gasteiger partial charge on any atom is -0.469 e. The molecule has 0 spiro atoms. The number of methoxy groups -OCH3 is 2. The van der Waals surface area contributed by atoms with Crippen LogP contribution in [0.1, 0.15) is 18.5 Å². The van der Waals surface area contributed by atoms with Gasteiger partial charge in [0.2, 0.25) is 0 Å². The van der Waals surface area contributed by atoms with Gasteiger partial charge in [-0.25, -0.2) is 0 Å². The van der Waals surface area contributed by atoms with Crippen molar-refractivity contribution in [3.8, 4) is 0 Å². The summed E-state index contributed by atoms with van der Waals surface area (Å²) < 4.78 is 9.68. The summed E-state index contributed by atoms with van der Waals surface area (Å²) in [6.07, 6.45) is -0.866. The van der Waals surface area contributed by atoms with E-state index in [9.17, 15) is 14.7 Å². The van der Waals surface area contributed by atoms with E-state index in [2.05, 4.69) is 5.32 Å². The minimum atomic E-state index is -0.866. The Morgan fingerprint density at radius 1 is 1.14 bits per heavy atom. The van der Waals surface area contributed by atoms with Crippen molar-refractivity contribution < 1.29 is 24.2 Å². The summed E-state index contributed by atoms with van der Waals surface area (Å²) in [7, 11) is 2.58. The Morgan fingerprint density at radius 3 is 2.23 bits per heavy atom. The van der Waals surface area contributed by atoms with Gasteiger partial charge in [0.1, 0.15) is 6.04 Å². The Kier molecular flexibility index (Phi) is 5.15. The number of aliphatic hydroxyl groups is 1. The maximum atomic E-state index is 12.2. The van der Waals surface area contributed by atoms with Crippen LogP contribution in [0.5, 0.6) is 0 Å². The van der Waals surface area contributed by atoms with E-state index in [-0.39, 0.29) is 0 Å². The van der Waals surface area contributed by atoms with Crippen LogP contribution in [0.4, 0.5) is 0 Å². The van der Waals surface area contributed by atoms with Crippen molar-refractivity contribution in [1.29, 1.82) is 0 Å². The highest BCUT2D eigenvalue weighted by Gasteiger charge is 2.52. The first kappa shape index (κ1) is 16.5. The van der Waals surface area contributed by atoms with Gasteiger partial charge in [-0.2, -0.15) is 0 Å². The predicted molar refractivity (Wildman–Crippen MR) is 78.8 cm³/mol. The number of carbonyl (C=O) groups excluding carboxylic acids is 2. The highest BCUT2D eigenvalue weighted by molar-refractivity contribution is 5.81. The maximum absolute atomic E-state index is 12.2. The lowest BCUT2D eigenvalue weighted by Crippen LogP contribution is -2.42. The van der Waals surface area contributed by atoms with Crippen molar-refractivity contribution >= 4 is 11.9 Å². The molecule has 0 bridgehead atoms. The average Bonchev–Trinajstić information content (AvgIpc) is 2.94. The number of rotatable bonds is 4. The summed E-state index contributed by atoms with van der Waals surface area (Å²) in [5, 5.41) is 13.2. The van der Waals surface area contributed by atoms with Crippen molar-refractivity contribution in [3.05, 3.63) is 35.9 Å². The quantitative estimate of drug-likeness (QED) is 0.795. The third-order valence-corrected chi connectivity index (χ3v) is 4.16. The maximum Gasteiger partial charge on any atom is 0.323 e. The van der Waals surface area contributed by atoms with Gasteiger partial charge < -0.3 is 14.6 Å². The summed E-state index contributed by atoms with van der Waals surface area (Å²) in [5.74, 6) is -2.25. The Balaban J connectivity index is 2.44. The van der Waals surface area contributed by atoms with Crippen LogP contribution in [0.25, 0.3) is 0 Å². The van der Waals surface area contributed by atoms with Crippen LogP contribution in [0.3, 0.4) is 0 Å². The van der Waals surface area contributed by atoms with Crippen LogP contribution in [0.15, 0.2) is 30.3 Å². The van der Waals surface area contributed by atoms with E-state index in [1.807, 2.05) is 30.3 Å². The number of carbonyl (C=O) groups is 2. The normalized spacial score (nSPS) is 28.9. The fraction of sp³-hybridized carbons (Fsp3) is 0.500. The van der Waals surface area contributed by atoms with E-state index in [1.54, 1.807) is 6.92 Å². The molecule has 1 saturated heterocycles. The number of hydrogen-bond acceptors (Lipinski definition) is 6. The molecular weight excluding hydrogens is 286 g/mol. The smallest absolute Gasteiger partial charge is 0.323 e. The van der Waals surface area contributed by atoms with E-state index < -0.39 is 42.0 Å². The number of nitrogens with one attached hydrogen (secondary N) is 1. The molecule has 1 aromatic carbocycles. The first-order chi connectivity index (χ1) is 10.5. The van der Waals surface area contributed by atoms with Crippen molar-refractivity contribution in [1.82, 2.24) is 5.32 Å². The van der Waals surface area contributed by atoms with E-state index in [0.717, 1.165) is 5.56 Å². The minimum absolute atomic E-state index is 0.419. The van der Waals surface area contributed by atoms with Gasteiger partial charge >= 0.3 is 11.9 Å². The van der Waals surface area contributed by atoms with E-state index in [1.165, 1.54) is 14.2 Å². The van der Waals surface area contributed by atoms with Crippen LogP contribution in [0, 0.1) is 11.8 Å². The lowest BCUT2D eigenvalue weighted by molar-refractivity contribution is -0.150. The largest absolute Gasteiger partial charge is 0.469 e. The Bertz CT molecular complexity index is 531.